The second-order valence-electron chi connectivity index (χ2n) is 4.85. The van der Waals surface area contributed by atoms with Gasteiger partial charge in [0.25, 0.3) is 0 Å². The van der Waals surface area contributed by atoms with Crippen molar-refractivity contribution in [2.24, 2.45) is 5.92 Å². The Bertz CT molecular complexity index is 378. The minimum absolute atomic E-state index is 0.482. The van der Waals surface area contributed by atoms with Gasteiger partial charge in [0.2, 0.25) is 0 Å². The van der Waals surface area contributed by atoms with E-state index in [4.69, 9.17) is 0 Å². The van der Waals surface area contributed by atoms with Crippen molar-refractivity contribution < 1.29 is 8.78 Å². The molecule has 1 fully saturated rings. The fourth-order valence-electron chi connectivity index (χ4n) is 2.75. The fourth-order valence-corrected chi connectivity index (χ4v) is 2.75. The average molecular weight is 239 g/mol. The second kappa shape index (κ2) is 5.58. The highest BCUT2D eigenvalue weighted by atomic mass is 19.2. The smallest absolute Gasteiger partial charge is 0.162 e. The van der Waals surface area contributed by atoms with Crippen molar-refractivity contribution in [1.29, 1.82) is 0 Å². The van der Waals surface area contributed by atoms with E-state index in [0.717, 1.165) is 25.8 Å². The Hall–Kier alpha value is -0.960. The number of rotatable bonds is 4. The maximum atomic E-state index is 13.5. The van der Waals surface area contributed by atoms with Crippen LogP contribution in [0.1, 0.15) is 31.7 Å². The maximum absolute atomic E-state index is 13.5. The van der Waals surface area contributed by atoms with E-state index in [1.807, 2.05) is 0 Å². The highest BCUT2D eigenvalue weighted by molar-refractivity contribution is 5.19. The Labute approximate surface area is 101 Å². The van der Waals surface area contributed by atoms with Crippen LogP contribution in [0.2, 0.25) is 0 Å². The van der Waals surface area contributed by atoms with E-state index in [1.54, 1.807) is 12.1 Å². The van der Waals surface area contributed by atoms with Crippen LogP contribution in [0.5, 0.6) is 0 Å². The van der Waals surface area contributed by atoms with E-state index in [9.17, 15) is 8.78 Å². The van der Waals surface area contributed by atoms with Crippen molar-refractivity contribution in [3.8, 4) is 0 Å². The van der Waals surface area contributed by atoms with Crippen LogP contribution in [0.3, 0.4) is 0 Å². The minimum atomic E-state index is -0.733. The summed E-state index contributed by atoms with van der Waals surface area (Å²) in [7, 11) is 0. The molecule has 1 N–H and O–H groups in total. The maximum Gasteiger partial charge on any atom is 0.162 e. The summed E-state index contributed by atoms with van der Waals surface area (Å²) in [4.78, 5) is 0. The molecule has 1 aliphatic carbocycles. The largest absolute Gasteiger partial charge is 0.314 e. The molecule has 0 aromatic heterocycles. The molecule has 0 saturated heterocycles. The van der Waals surface area contributed by atoms with Crippen LogP contribution in [0.25, 0.3) is 0 Å². The molecule has 3 heteroatoms. The van der Waals surface area contributed by atoms with Gasteiger partial charge in [-0.3, -0.25) is 0 Å². The van der Waals surface area contributed by atoms with Gasteiger partial charge in [0, 0.05) is 6.04 Å². The molecule has 0 aliphatic heterocycles. The Balaban J connectivity index is 1.96. The molecule has 0 amide bonds. The van der Waals surface area contributed by atoms with E-state index in [1.165, 1.54) is 6.07 Å². The van der Waals surface area contributed by atoms with Gasteiger partial charge >= 0.3 is 0 Å². The van der Waals surface area contributed by atoms with Gasteiger partial charge in [-0.25, -0.2) is 8.78 Å². The minimum Gasteiger partial charge on any atom is -0.314 e. The first kappa shape index (κ1) is 12.5. The molecule has 0 heterocycles. The third kappa shape index (κ3) is 3.03. The molecule has 0 radical (unpaired) electrons. The summed E-state index contributed by atoms with van der Waals surface area (Å²) >= 11 is 0. The molecule has 1 aliphatic rings. The van der Waals surface area contributed by atoms with Crippen LogP contribution in [-0.4, -0.2) is 12.6 Å². The van der Waals surface area contributed by atoms with Gasteiger partial charge in [0.1, 0.15) is 0 Å². The lowest BCUT2D eigenvalue weighted by atomic mass is 9.97. The first-order chi connectivity index (χ1) is 8.20. The van der Waals surface area contributed by atoms with Gasteiger partial charge in [-0.2, -0.15) is 0 Å². The molecule has 1 saturated carbocycles. The molecular weight excluding hydrogens is 220 g/mol. The highest BCUT2D eigenvalue weighted by Crippen LogP contribution is 2.29. The standard InChI is InChI=1S/C14H19F2N/c1-2-17-12-7-6-10(9-12)8-11-4-3-5-13(15)14(11)16/h3-5,10,12,17H,2,6-9H2,1H3. The molecule has 1 nitrogen and oxygen atoms in total. The van der Waals surface area contributed by atoms with Crippen LogP contribution in [0, 0.1) is 17.6 Å². The Morgan fingerprint density at radius 2 is 2.12 bits per heavy atom. The lowest BCUT2D eigenvalue weighted by molar-refractivity contribution is 0.464. The lowest BCUT2D eigenvalue weighted by Crippen LogP contribution is -2.26. The molecule has 2 rings (SSSR count). The molecule has 0 bridgehead atoms. The zero-order valence-electron chi connectivity index (χ0n) is 10.2. The molecule has 1 aromatic carbocycles. The number of halogens is 2. The normalized spacial score (nSPS) is 24.2. The van der Waals surface area contributed by atoms with Crippen molar-refractivity contribution in [3.05, 3.63) is 35.4 Å². The summed E-state index contributed by atoms with van der Waals surface area (Å²) in [6.45, 7) is 3.07. The quantitative estimate of drug-likeness (QED) is 0.850. The number of hydrogen-bond acceptors (Lipinski definition) is 1. The molecule has 2 atom stereocenters. The molecule has 2 unspecified atom stereocenters. The van der Waals surface area contributed by atoms with Crippen molar-refractivity contribution in [1.82, 2.24) is 5.32 Å². The number of hydrogen-bond donors (Lipinski definition) is 1. The van der Waals surface area contributed by atoms with Crippen molar-refractivity contribution >= 4 is 0 Å². The van der Waals surface area contributed by atoms with Gasteiger partial charge in [-0.15, -0.1) is 0 Å². The molecular formula is C14H19F2N. The highest BCUT2D eigenvalue weighted by Gasteiger charge is 2.25. The van der Waals surface area contributed by atoms with Crippen LogP contribution < -0.4 is 5.32 Å². The number of benzene rings is 1. The Morgan fingerprint density at radius 1 is 1.29 bits per heavy atom. The summed E-state index contributed by atoms with van der Waals surface area (Å²) < 4.78 is 26.6. The Kier molecular flexibility index (Phi) is 4.11. The van der Waals surface area contributed by atoms with Gasteiger partial charge in [0.15, 0.2) is 11.6 Å². The van der Waals surface area contributed by atoms with E-state index in [-0.39, 0.29) is 0 Å². The predicted octanol–water partition coefficient (Wildman–Crippen LogP) is 3.29. The third-order valence-corrected chi connectivity index (χ3v) is 3.57. The summed E-state index contributed by atoms with van der Waals surface area (Å²) in [5.41, 5.74) is 0.521. The summed E-state index contributed by atoms with van der Waals surface area (Å²) in [5.74, 6) is -0.918. The SMILES string of the molecule is CCNC1CCC(Cc2cccc(F)c2F)C1. The van der Waals surface area contributed by atoms with Gasteiger partial charge in [0.05, 0.1) is 0 Å². The summed E-state index contributed by atoms with van der Waals surface area (Å²) in [6, 6.07) is 5.01. The molecule has 1 aromatic rings. The summed E-state index contributed by atoms with van der Waals surface area (Å²) in [5, 5.41) is 3.42. The number of nitrogens with one attached hydrogen (secondary N) is 1. The monoisotopic (exact) mass is 239 g/mol. The molecule has 94 valence electrons. The molecule has 17 heavy (non-hydrogen) atoms. The van der Waals surface area contributed by atoms with Crippen LogP contribution in [-0.2, 0) is 6.42 Å². The van der Waals surface area contributed by atoms with Crippen LogP contribution in [0.4, 0.5) is 8.78 Å². The zero-order chi connectivity index (χ0) is 12.3. The predicted molar refractivity (Wildman–Crippen MR) is 64.9 cm³/mol. The van der Waals surface area contributed by atoms with Crippen LogP contribution >= 0.6 is 0 Å². The summed E-state index contributed by atoms with van der Waals surface area (Å²) in [6.07, 6.45) is 3.98. The van der Waals surface area contributed by atoms with Crippen molar-refractivity contribution in [3.63, 3.8) is 0 Å². The van der Waals surface area contributed by atoms with Gasteiger partial charge in [-0.1, -0.05) is 19.1 Å². The van der Waals surface area contributed by atoms with Crippen LogP contribution in [0.15, 0.2) is 18.2 Å². The fraction of sp³-hybridized carbons (Fsp3) is 0.571. The zero-order valence-corrected chi connectivity index (χ0v) is 10.2. The van der Waals surface area contributed by atoms with Gasteiger partial charge in [-0.05, 0) is 49.8 Å². The second-order valence-corrected chi connectivity index (χ2v) is 4.85. The van der Waals surface area contributed by atoms with E-state index in [2.05, 4.69) is 12.2 Å². The van der Waals surface area contributed by atoms with E-state index >= 15 is 0 Å². The van der Waals surface area contributed by atoms with Gasteiger partial charge < -0.3 is 5.32 Å². The Morgan fingerprint density at radius 3 is 2.88 bits per heavy atom. The van der Waals surface area contributed by atoms with E-state index in [0.29, 0.717) is 23.9 Å². The average Bonchev–Trinajstić information content (AvgIpc) is 2.73. The first-order valence-corrected chi connectivity index (χ1v) is 6.37. The lowest BCUT2D eigenvalue weighted by Gasteiger charge is -2.12. The van der Waals surface area contributed by atoms with E-state index < -0.39 is 11.6 Å². The third-order valence-electron chi connectivity index (χ3n) is 3.57. The molecule has 0 spiro atoms. The van der Waals surface area contributed by atoms with Crippen molar-refractivity contribution in [2.45, 2.75) is 38.6 Å². The topological polar surface area (TPSA) is 12.0 Å². The first-order valence-electron chi connectivity index (χ1n) is 6.37. The van der Waals surface area contributed by atoms with Crippen molar-refractivity contribution in [2.75, 3.05) is 6.54 Å².